The number of oxime groups is 1. The van der Waals surface area contributed by atoms with Gasteiger partial charge in [0.15, 0.2) is 0 Å². The highest BCUT2D eigenvalue weighted by Gasteiger charge is 2.37. The van der Waals surface area contributed by atoms with Crippen molar-refractivity contribution in [2.45, 2.75) is 38.5 Å². The fraction of sp³-hybridized carbons (Fsp3) is 0.467. The number of carbonyl (C=O) groups is 1. The Labute approximate surface area is 121 Å². The Morgan fingerprint density at radius 2 is 2.05 bits per heavy atom. The summed E-state index contributed by atoms with van der Waals surface area (Å²) in [6, 6.07) is 6.88. The maximum atomic E-state index is 13.1. The van der Waals surface area contributed by atoms with E-state index >= 15 is 0 Å². The van der Waals surface area contributed by atoms with Gasteiger partial charge in [0.1, 0.15) is 0 Å². The van der Waals surface area contributed by atoms with Crippen LogP contribution in [0.15, 0.2) is 29.4 Å². The Balaban J connectivity index is 2.00. The van der Waals surface area contributed by atoms with Crippen molar-refractivity contribution in [2.75, 3.05) is 5.32 Å². The van der Waals surface area contributed by atoms with Gasteiger partial charge in [-0.25, -0.2) is 8.78 Å². The van der Waals surface area contributed by atoms with Crippen LogP contribution in [0.1, 0.15) is 38.2 Å². The van der Waals surface area contributed by atoms with Gasteiger partial charge in [-0.3, -0.25) is 4.79 Å². The molecule has 21 heavy (non-hydrogen) atoms. The predicted molar refractivity (Wildman–Crippen MR) is 76.0 cm³/mol. The lowest BCUT2D eigenvalue weighted by Gasteiger charge is -2.27. The molecule has 0 aliphatic heterocycles. The molecule has 2 rings (SSSR count). The summed E-state index contributed by atoms with van der Waals surface area (Å²) in [7, 11) is 0. The topological polar surface area (TPSA) is 61.7 Å². The Hall–Kier alpha value is -1.98. The third-order valence-corrected chi connectivity index (χ3v) is 3.79. The minimum absolute atomic E-state index is 0.204. The van der Waals surface area contributed by atoms with E-state index in [-0.39, 0.29) is 37.5 Å². The lowest BCUT2D eigenvalue weighted by Crippen LogP contribution is -2.31. The molecule has 0 aromatic heterocycles. The second-order valence-electron chi connectivity index (χ2n) is 5.39. The van der Waals surface area contributed by atoms with Gasteiger partial charge >= 0.3 is 0 Å². The summed E-state index contributed by atoms with van der Waals surface area (Å²) in [5.41, 5.74) is 1.69. The number of benzene rings is 1. The molecule has 1 fully saturated rings. The molecule has 0 unspecified atom stereocenters. The van der Waals surface area contributed by atoms with Gasteiger partial charge in [0, 0.05) is 30.0 Å². The van der Waals surface area contributed by atoms with Crippen molar-refractivity contribution in [3.05, 3.63) is 29.8 Å². The van der Waals surface area contributed by atoms with Gasteiger partial charge in [-0.1, -0.05) is 17.3 Å². The highest BCUT2D eigenvalue weighted by molar-refractivity contribution is 6.00. The first-order chi connectivity index (χ1) is 9.91. The van der Waals surface area contributed by atoms with E-state index in [1.54, 1.807) is 31.2 Å². The molecule has 0 bridgehead atoms. The van der Waals surface area contributed by atoms with Crippen molar-refractivity contribution >= 4 is 17.3 Å². The van der Waals surface area contributed by atoms with Crippen molar-refractivity contribution < 1.29 is 18.8 Å². The second kappa shape index (κ2) is 6.20. The minimum atomic E-state index is -2.63. The summed E-state index contributed by atoms with van der Waals surface area (Å²) >= 11 is 0. The van der Waals surface area contributed by atoms with Gasteiger partial charge < -0.3 is 10.5 Å². The van der Waals surface area contributed by atoms with Crippen LogP contribution in [0.5, 0.6) is 0 Å². The fourth-order valence-corrected chi connectivity index (χ4v) is 2.43. The second-order valence-corrected chi connectivity index (χ2v) is 5.39. The average Bonchev–Trinajstić information content (AvgIpc) is 2.46. The number of halogens is 2. The van der Waals surface area contributed by atoms with Crippen LogP contribution in [0.4, 0.5) is 14.5 Å². The standard InChI is InChI=1S/C15H18F2N2O2/c1-10(19-21)12-3-2-4-13(9-12)18-14(20)11-5-7-15(16,17)8-6-11/h2-4,9,11,21H,5-8H2,1H3,(H,18,20)/b19-10-. The molecule has 4 nitrogen and oxygen atoms in total. The van der Waals surface area contributed by atoms with E-state index < -0.39 is 5.92 Å². The molecule has 1 aliphatic rings. The molecule has 0 radical (unpaired) electrons. The number of amides is 1. The first-order valence-electron chi connectivity index (χ1n) is 6.89. The number of alkyl halides is 2. The van der Waals surface area contributed by atoms with E-state index in [4.69, 9.17) is 5.21 Å². The Bertz CT molecular complexity index is 548. The largest absolute Gasteiger partial charge is 0.411 e. The van der Waals surface area contributed by atoms with Crippen LogP contribution >= 0.6 is 0 Å². The SMILES string of the molecule is C/C(=N/O)c1cccc(NC(=O)C2CCC(F)(F)CC2)c1. The lowest BCUT2D eigenvalue weighted by molar-refractivity contribution is -0.124. The summed E-state index contributed by atoms with van der Waals surface area (Å²) in [6.45, 7) is 1.64. The van der Waals surface area contributed by atoms with Crippen molar-refractivity contribution in [1.29, 1.82) is 0 Å². The summed E-state index contributed by atoms with van der Waals surface area (Å²) in [6.07, 6.45) is -0.0614. The number of carbonyl (C=O) groups excluding carboxylic acids is 1. The highest BCUT2D eigenvalue weighted by atomic mass is 19.3. The monoisotopic (exact) mass is 296 g/mol. The molecule has 0 saturated heterocycles. The van der Waals surface area contributed by atoms with E-state index in [2.05, 4.69) is 10.5 Å². The highest BCUT2D eigenvalue weighted by Crippen LogP contribution is 2.36. The van der Waals surface area contributed by atoms with Crippen LogP contribution in [0, 0.1) is 5.92 Å². The number of nitrogens with one attached hydrogen (secondary N) is 1. The van der Waals surface area contributed by atoms with Crippen molar-refractivity contribution in [2.24, 2.45) is 11.1 Å². The molecule has 0 atom stereocenters. The third kappa shape index (κ3) is 4.00. The molecule has 1 saturated carbocycles. The maximum Gasteiger partial charge on any atom is 0.248 e. The van der Waals surface area contributed by atoms with Gasteiger partial charge in [0.2, 0.25) is 11.8 Å². The molecule has 1 aromatic rings. The minimum Gasteiger partial charge on any atom is -0.411 e. The zero-order valence-corrected chi connectivity index (χ0v) is 11.8. The molecule has 1 aromatic carbocycles. The number of rotatable bonds is 3. The lowest BCUT2D eigenvalue weighted by atomic mass is 9.86. The van der Waals surface area contributed by atoms with Gasteiger partial charge in [-0.2, -0.15) is 0 Å². The van der Waals surface area contributed by atoms with Crippen LogP contribution in [0.2, 0.25) is 0 Å². The van der Waals surface area contributed by atoms with Gasteiger partial charge in [0.25, 0.3) is 0 Å². The van der Waals surface area contributed by atoms with Gasteiger partial charge in [-0.05, 0) is 31.9 Å². The zero-order valence-electron chi connectivity index (χ0n) is 11.8. The molecule has 0 spiro atoms. The van der Waals surface area contributed by atoms with E-state index in [1.807, 2.05) is 0 Å². The number of anilines is 1. The van der Waals surface area contributed by atoms with E-state index in [1.165, 1.54) is 0 Å². The number of hydrogen-bond donors (Lipinski definition) is 2. The Kier molecular flexibility index (Phi) is 4.55. The molecule has 1 aliphatic carbocycles. The number of nitrogens with zero attached hydrogens (tertiary/aromatic N) is 1. The first-order valence-corrected chi connectivity index (χ1v) is 6.89. The smallest absolute Gasteiger partial charge is 0.248 e. The van der Waals surface area contributed by atoms with Crippen molar-refractivity contribution in [3.63, 3.8) is 0 Å². The molecular weight excluding hydrogens is 278 g/mol. The van der Waals surface area contributed by atoms with Crippen LogP contribution in [0.25, 0.3) is 0 Å². The van der Waals surface area contributed by atoms with E-state index in [9.17, 15) is 13.6 Å². The van der Waals surface area contributed by atoms with Crippen molar-refractivity contribution in [1.82, 2.24) is 0 Å². The molecule has 2 N–H and O–H groups in total. The quantitative estimate of drug-likeness (QED) is 0.508. The van der Waals surface area contributed by atoms with Gasteiger partial charge in [0.05, 0.1) is 5.71 Å². The van der Waals surface area contributed by atoms with Crippen LogP contribution in [0.3, 0.4) is 0 Å². The number of hydrogen-bond acceptors (Lipinski definition) is 3. The van der Waals surface area contributed by atoms with E-state index in [0.717, 1.165) is 0 Å². The molecule has 1 amide bonds. The van der Waals surface area contributed by atoms with E-state index in [0.29, 0.717) is 17.0 Å². The Morgan fingerprint density at radius 1 is 1.38 bits per heavy atom. The molecule has 0 heterocycles. The summed E-state index contributed by atoms with van der Waals surface area (Å²) < 4.78 is 26.2. The molecular formula is C15H18F2N2O2. The van der Waals surface area contributed by atoms with Crippen LogP contribution in [-0.4, -0.2) is 22.7 Å². The van der Waals surface area contributed by atoms with Crippen LogP contribution in [-0.2, 0) is 4.79 Å². The van der Waals surface area contributed by atoms with Gasteiger partial charge in [-0.15, -0.1) is 0 Å². The van der Waals surface area contributed by atoms with Crippen LogP contribution < -0.4 is 5.32 Å². The fourth-order valence-electron chi connectivity index (χ4n) is 2.43. The predicted octanol–water partition coefficient (Wildman–Crippen LogP) is 3.65. The maximum absolute atomic E-state index is 13.1. The summed E-state index contributed by atoms with van der Waals surface area (Å²) in [5, 5.41) is 14.6. The average molecular weight is 296 g/mol. The third-order valence-electron chi connectivity index (χ3n) is 3.79. The molecule has 114 valence electrons. The van der Waals surface area contributed by atoms with Crippen molar-refractivity contribution in [3.8, 4) is 0 Å². The molecule has 6 heteroatoms. The summed E-state index contributed by atoms with van der Waals surface area (Å²) in [5.74, 6) is -3.24. The zero-order chi connectivity index (χ0) is 15.5. The first kappa shape index (κ1) is 15.4. The Morgan fingerprint density at radius 3 is 2.67 bits per heavy atom. The normalized spacial score (nSPS) is 19.3. The summed E-state index contributed by atoms with van der Waals surface area (Å²) in [4.78, 5) is 12.1.